The molecule has 4 heterocycles. The first-order valence-corrected chi connectivity index (χ1v) is 14.8. The standard InChI is InChI=1S/C32H33N5OS/c38-32-30-27-22-35(21-24-7-2-1-3-8-24)14-13-29(27)39-31(30)33-23-37(32)20-17-34-15-18-36(19-16-34)28-12-6-10-25-9-4-5-11-26(25)28/h1-12,23H,13-22H2. The van der Waals surface area contributed by atoms with Crippen molar-refractivity contribution in [3.63, 3.8) is 0 Å². The number of fused-ring (bicyclic) bond motifs is 4. The number of nitrogens with zero attached hydrogens (tertiary/aromatic N) is 5. The van der Waals surface area contributed by atoms with E-state index in [1.54, 1.807) is 17.7 Å². The van der Waals surface area contributed by atoms with Gasteiger partial charge in [-0.2, -0.15) is 0 Å². The Morgan fingerprint density at radius 2 is 1.59 bits per heavy atom. The molecular formula is C32H33N5OS. The highest BCUT2D eigenvalue weighted by atomic mass is 32.1. The van der Waals surface area contributed by atoms with Crippen LogP contribution in [0.3, 0.4) is 0 Å². The maximum absolute atomic E-state index is 13.6. The second-order valence-electron chi connectivity index (χ2n) is 10.7. The molecular weight excluding hydrogens is 502 g/mol. The Labute approximate surface area is 232 Å². The third kappa shape index (κ3) is 4.86. The Kier molecular flexibility index (Phi) is 6.64. The van der Waals surface area contributed by atoms with E-state index < -0.39 is 0 Å². The fourth-order valence-corrected chi connectivity index (χ4v) is 7.27. The van der Waals surface area contributed by atoms with Crippen molar-refractivity contribution < 1.29 is 0 Å². The van der Waals surface area contributed by atoms with Crippen LogP contribution in [-0.4, -0.2) is 58.6 Å². The molecule has 198 valence electrons. The van der Waals surface area contributed by atoms with E-state index in [0.29, 0.717) is 6.54 Å². The van der Waals surface area contributed by atoms with Crippen molar-refractivity contribution in [2.24, 2.45) is 0 Å². The van der Waals surface area contributed by atoms with Gasteiger partial charge in [-0.05, 0) is 29.0 Å². The quantitative estimate of drug-likeness (QED) is 0.307. The van der Waals surface area contributed by atoms with Gasteiger partial charge < -0.3 is 4.90 Å². The molecule has 0 atom stereocenters. The molecule has 1 fully saturated rings. The van der Waals surface area contributed by atoms with Gasteiger partial charge in [-0.1, -0.05) is 66.7 Å². The number of rotatable bonds is 6. The van der Waals surface area contributed by atoms with E-state index in [0.717, 1.165) is 69.0 Å². The number of benzene rings is 3. The van der Waals surface area contributed by atoms with Crippen molar-refractivity contribution >= 4 is 38.0 Å². The number of piperazine rings is 1. The highest BCUT2D eigenvalue weighted by molar-refractivity contribution is 7.18. The molecule has 7 rings (SSSR count). The lowest BCUT2D eigenvalue weighted by Crippen LogP contribution is -2.47. The van der Waals surface area contributed by atoms with E-state index in [1.807, 2.05) is 4.57 Å². The molecule has 0 aliphatic carbocycles. The van der Waals surface area contributed by atoms with Gasteiger partial charge in [0, 0.05) is 74.9 Å². The molecule has 1 saturated heterocycles. The smallest absolute Gasteiger partial charge is 0.262 e. The van der Waals surface area contributed by atoms with Crippen LogP contribution in [0.1, 0.15) is 16.0 Å². The molecule has 6 nitrogen and oxygen atoms in total. The Hall–Kier alpha value is -3.52. The molecule has 0 bridgehead atoms. The van der Waals surface area contributed by atoms with E-state index in [9.17, 15) is 4.79 Å². The third-order valence-corrected chi connectivity index (χ3v) is 9.48. The molecule has 0 unspecified atom stereocenters. The van der Waals surface area contributed by atoms with Gasteiger partial charge in [0.2, 0.25) is 0 Å². The van der Waals surface area contributed by atoms with Gasteiger partial charge in [0.1, 0.15) is 4.83 Å². The maximum atomic E-state index is 13.6. The van der Waals surface area contributed by atoms with Crippen molar-refractivity contribution in [2.45, 2.75) is 26.1 Å². The predicted octanol–water partition coefficient (Wildman–Crippen LogP) is 4.99. The van der Waals surface area contributed by atoms with Crippen LogP contribution in [0, 0.1) is 0 Å². The molecule has 3 aromatic carbocycles. The lowest BCUT2D eigenvalue weighted by atomic mass is 10.1. The number of hydrogen-bond acceptors (Lipinski definition) is 6. The van der Waals surface area contributed by atoms with Crippen LogP contribution in [0.5, 0.6) is 0 Å². The summed E-state index contributed by atoms with van der Waals surface area (Å²) in [5, 5.41) is 3.45. The molecule has 2 aliphatic heterocycles. The van der Waals surface area contributed by atoms with E-state index in [1.165, 1.54) is 32.5 Å². The van der Waals surface area contributed by atoms with Gasteiger partial charge in [-0.15, -0.1) is 11.3 Å². The Morgan fingerprint density at radius 3 is 2.46 bits per heavy atom. The topological polar surface area (TPSA) is 44.6 Å². The average Bonchev–Trinajstić information content (AvgIpc) is 3.36. The predicted molar refractivity (Wildman–Crippen MR) is 161 cm³/mol. The zero-order valence-electron chi connectivity index (χ0n) is 22.1. The van der Waals surface area contributed by atoms with E-state index in [2.05, 4.69) is 87.5 Å². The minimum absolute atomic E-state index is 0.119. The van der Waals surface area contributed by atoms with Crippen LogP contribution in [0.2, 0.25) is 0 Å². The summed E-state index contributed by atoms with van der Waals surface area (Å²) in [5.41, 5.74) is 3.96. The average molecular weight is 536 g/mol. The van der Waals surface area contributed by atoms with E-state index >= 15 is 0 Å². The normalized spacial score (nSPS) is 16.7. The third-order valence-electron chi connectivity index (χ3n) is 8.28. The van der Waals surface area contributed by atoms with Gasteiger partial charge in [0.05, 0.1) is 11.7 Å². The monoisotopic (exact) mass is 535 g/mol. The maximum Gasteiger partial charge on any atom is 0.262 e. The second kappa shape index (κ2) is 10.6. The van der Waals surface area contributed by atoms with Crippen LogP contribution in [-0.2, 0) is 26.1 Å². The van der Waals surface area contributed by atoms with Crippen LogP contribution in [0.4, 0.5) is 5.69 Å². The summed E-state index contributed by atoms with van der Waals surface area (Å²) in [6, 6.07) is 25.8. The molecule has 0 amide bonds. The van der Waals surface area contributed by atoms with Crippen LogP contribution < -0.4 is 10.5 Å². The van der Waals surface area contributed by atoms with Crippen molar-refractivity contribution in [3.8, 4) is 0 Å². The van der Waals surface area contributed by atoms with Crippen LogP contribution in [0.25, 0.3) is 21.0 Å². The molecule has 2 aromatic heterocycles. The highest BCUT2D eigenvalue weighted by Gasteiger charge is 2.24. The molecule has 7 heteroatoms. The van der Waals surface area contributed by atoms with Gasteiger partial charge in [0.15, 0.2) is 0 Å². The Bertz CT molecular complexity index is 1660. The van der Waals surface area contributed by atoms with Gasteiger partial charge in [-0.25, -0.2) is 4.98 Å². The second-order valence-corrected chi connectivity index (χ2v) is 11.8. The first-order valence-electron chi connectivity index (χ1n) is 13.9. The fraction of sp³-hybridized carbons (Fsp3) is 0.312. The summed E-state index contributed by atoms with van der Waals surface area (Å²) in [5.74, 6) is 0. The summed E-state index contributed by atoms with van der Waals surface area (Å²) in [4.78, 5) is 28.0. The zero-order chi connectivity index (χ0) is 26.2. The SMILES string of the molecule is O=c1c2c3c(sc2ncn1CCN1CCN(c2cccc4ccccc24)CC1)CCN(Cc1ccccc1)C3. The summed E-state index contributed by atoms with van der Waals surface area (Å²) >= 11 is 1.71. The minimum atomic E-state index is 0.119. The van der Waals surface area contributed by atoms with Gasteiger partial charge in [-0.3, -0.25) is 19.2 Å². The zero-order valence-corrected chi connectivity index (χ0v) is 22.9. The molecule has 0 spiro atoms. The fourth-order valence-electron chi connectivity index (χ4n) is 6.14. The summed E-state index contributed by atoms with van der Waals surface area (Å²) < 4.78 is 1.84. The Morgan fingerprint density at radius 1 is 0.795 bits per heavy atom. The molecule has 5 aromatic rings. The molecule has 0 radical (unpaired) electrons. The van der Waals surface area contributed by atoms with Crippen molar-refractivity contribution in [1.82, 2.24) is 19.4 Å². The van der Waals surface area contributed by atoms with Crippen LogP contribution >= 0.6 is 11.3 Å². The van der Waals surface area contributed by atoms with Crippen molar-refractivity contribution in [2.75, 3.05) is 44.2 Å². The first kappa shape index (κ1) is 24.5. The first-order chi connectivity index (χ1) is 19.2. The van der Waals surface area contributed by atoms with E-state index in [-0.39, 0.29) is 5.56 Å². The highest BCUT2D eigenvalue weighted by Crippen LogP contribution is 2.33. The van der Waals surface area contributed by atoms with Gasteiger partial charge >= 0.3 is 0 Å². The summed E-state index contributed by atoms with van der Waals surface area (Å²) in [6.45, 7) is 8.28. The number of anilines is 1. The minimum Gasteiger partial charge on any atom is -0.368 e. The van der Waals surface area contributed by atoms with Gasteiger partial charge in [0.25, 0.3) is 5.56 Å². The van der Waals surface area contributed by atoms with E-state index in [4.69, 9.17) is 4.98 Å². The summed E-state index contributed by atoms with van der Waals surface area (Å²) in [7, 11) is 0. The molecule has 0 saturated carbocycles. The summed E-state index contributed by atoms with van der Waals surface area (Å²) in [6.07, 6.45) is 2.75. The Balaban J connectivity index is 1.03. The van der Waals surface area contributed by atoms with Crippen molar-refractivity contribution in [1.29, 1.82) is 0 Å². The molecule has 2 aliphatic rings. The molecule has 0 N–H and O–H groups in total. The largest absolute Gasteiger partial charge is 0.368 e. The number of aromatic nitrogens is 2. The van der Waals surface area contributed by atoms with Crippen LogP contribution in [0.15, 0.2) is 83.9 Å². The number of hydrogen-bond donors (Lipinski definition) is 0. The lowest BCUT2D eigenvalue weighted by molar-refractivity contribution is 0.246. The lowest BCUT2D eigenvalue weighted by Gasteiger charge is -2.36. The van der Waals surface area contributed by atoms with Crippen molar-refractivity contribution in [3.05, 3.63) is 105 Å². The molecule has 39 heavy (non-hydrogen) atoms. The number of thiophene rings is 1.